The van der Waals surface area contributed by atoms with Crippen LogP contribution in [0.1, 0.15) is 5.56 Å². The molecule has 0 heterocycles. The lowest BCUT2D eigenvalue weighted by atomic mass is 10.2. The van der Waals surface area contributed by atoms with Gasteiger partial charge in [0.2, 0.25) is 0 Å². The van der Waals surface area contributed by atoms with Gasteiger partial charge in [0.25, 0.3) is 5.91 Å². The van der Waals surface area contributed by atoms with E-state index in [1.807, 2.05) is 0 Å². The molecule has 20 heavy (non-hydrogen) atoms. The summed E-state index contributed by atoms with van der Waals surface area (Å²) in [5.41, 5.74) is 4.95. The van der Waals surface area contributed by atoms with Crippen molar-refractivity contribution in [2.45, 2.75) is 0 Å². The zero-order valence-electron chi connectivity index (χ0n) is 11.4. The number of carbonyl (C=O) groups is 2. The minimum atomic E-state index is -0.752. The van der Waals surface area contributed by atoms with Crippen molar-refractivity contribution in [2.24, 2.45) is 0 Å². The molecular weight excluding hydrogens is 264 g/mol. The van der Waals surface area contributed by atoms with E-state index in [9.17, 15) is 9.59 Å². The van der Waals surface area contributed by atoms with E-state index >= 15 is 0 Å². The molecule has 0 fully saturated rings. The molecule has 0 aliphatic heterocycles. The van der Waals surface area contributed by atoms with Crippen molar-refractivity contribution in [2.75, 3.05) is 21.3 Å². The number of rotatable bonds is 4. The van der Waals surface area contributed by atoms with Crippen molar-refractivity contribution >= 4 is 18.1 Å². The summed E-state index contributed by atoms with van der Waals surface area (Å²) in [4.78, 5) is 22.1. The van der Waals surface area contributed by atoms with Gasteiger partial charge in [-0.3, -0.25) is 10.2 Å². The molecule has 0 atom stereocenters. The van der Waals surface area contributed by atoms with Crippen molar-refractivity contribution in [3.63, 3.8) is 0 Å². The van der Waals surface area contributed by atoms with Crippen molar-refractivity contribution in [3.05, 3.63) is 29.8 Å². The summed E-state index contributed by atoms with van der Waals surface area (Å²) in [6, 6.07) is 5.21. The lowest BCUT2D eigenvalue weighted by Crippen LogP contribution is -2.40. The zero-order valence-corrected chi connectivity index (χ0v) is 11.4. The van der Waals surface area contributed by atoms with Crippen LogP contribution in [-0.2, 0) is 9.53 Å². The van der Waals surface area contributed by atoms with Gasteiger partial charge in [-0.25, -0.2) is 10.2 Å². The molecule has 1 aromatic carbocycles. The maximum atomic E-state index is 11.4. The molecule has 2 amide bonds. The lowest BCUT2D eigenvalue weighted by Gasteiger charge is -2.07. The highest BCUT2D eigenvalue weighted by Crippen LogP contribution is 2.27. The Morgan fingerprint density at radius 1 is 1.05 bits per heavy atom. The lowest BCUT2D eigenvalue weighted by molar-refractivity contribution is -0.117. The average molecular weight is 280 g/mol. The van der Waals surface area contributed by atoms with E-state index in [2.05, 4.69) is 15.6 Å². The predicted molar refractivity (Wildman–Crippen MR) is 72.3 cm³/mol. The third kappa shape index (κ3) is 4.52. The van der Waals surface area contributed by atoms with Crippen LogP contribution in [0.5, 0.6) is 11.5 Å². The molecule has 7 heteroatoms. The topological polar surface area (TPSA) is 85.9 Å². The first-order chi connectivity index (χ1) is 9.60. The average Bonchev–Trinajstić information content (AvgIpc) is 2.49. The summed E-state index contributed by atoms with van der Waals surface area (Å²) in [7, 11) is 4.26. The largest absolute Gasteiger partial charge is 0.493 e. The van der Waals surface area contributed by atoms with Crippen LogP contribution < -0.4 is 20.3 Å². The number of nitrogens with one attached hydrogen (secondary N) is 2. The summed E-state index contributed by atoms with van der Waals surface area (Å²) in [5.74, 6) is 0.661. The molecule has 0 aromatic heterocycles. The van der Waals surface area contributed by atoms with E-state index in [4.69, 9.17) is 9.47 Å². The van der Waals surface area contributed by atoms with Crippen molar-refractivity contribution < 1.29 is 23.8 Å². The highest BCUT2D eigenvalue weighted by molar-refractivity contribution is 5.92. The van der Waals surface area contributed by atoms with E-state index in [1.165, 1.54) is 20.3 Å². The van der Waals surface area contributed by atoms with Crippen LogP contribution in [0.2, 0.25) is 0 Å². The molecule has 0 spiro atoms. The van der Waals surface area contributed by atoms with Crippen LogP contribution in [0.15, 0.2) is 24.3 Å². The number of methoxy groups -OCH3 is 3. The van der Waals surface area contributed by atoms with Gasteiger partial charge in [0.1, 0.15) is 0 Å². The highest BCUT2D eigenvalue weighted by Gasteiger charge is 2.03. The monoisotopic (exact) mass is 280 g/mol. The third-order valence-corrected chi connectivity index (χ3v) is 2.31. The summed E-state index contributed by atoms with van der Waals surface area (Å²) in [6.07, 6.45) is 2.07. The predicted octanol–water partition coefficient (Wildman–Crippen LogP) is 1.10. The fraction of sp³-hybridized carbons (Fsp3) is 0.231. The molecule has 108 valence electrons. The molecule has 0 aliphatic carbocycles. The smallest absolute Gasteiger partial charge is 0.425 e. The van der Waals surface area contributed by atoms with Crippen LogP contribution in [0.4, 0.5) is 4.79 Å². The van der Waals surface area contributed by atoms with Crippen LogP contribution in [-0.4, -0.2) is 33.3 Å². The summed E-state index contributed by atoms with van der Waals surface area (Å²) in [6.45, 7) is 0. The van der Waals surface area contributed by atoms with Gasteiger partial charge in [-0.15, -0.1) is 0 Å². The van der Waals surface area contributed by atoms with Gasteiger partial charge in [0, 0.05) is 6.08 Å². The first-order valence-corrected chi connectivity index (χ1v) is 5.64. The normalized spacial score (nSPS) is 9.95. The maximum absolute atomic E-state index is 11.4. The molecule has 0 aliphatic rings. The molecule has 0 saturated heterocycles. The Hall–Kier alpha value is -2.70. The Balaban J connectivity index is 2.65. The summed E-state index contributed by atoms with van der Waals surface area (Å²) < 4.78 is 14.5. The number of carbonyl (C=O) groups excluding carboxylic acids is 2. The Morgan fingerprint density at radius 2 is 1.75 bits per heavy atom. The van der Waals surface area contributed by atoms with Gasteiger partial charge in [0.05, 0.1) is 21.3 Å². The first-order valence-electron chi connectivity index (χ1n) is 5.64. The minimum Gasteiger partial charge on any atom is -0.493 e. The van der Waals surface area contributed by atoms with Gasteiger partial charge in [-0.05, 0) is 23.8 Å². The van der Waals surface area contributed by atoms with Gasteiger partial charge >= 0.3 is 6.09 Å². The second kappa shape index (κ2) is 7.67. The molecule has 7 nitrogen and oxygen atoms in total. The number of hydrogen-bond acceptors (Lipinski definition) is 5. The second-order valence-electron chi connectivity index (χ2n) is 3.55. The fourth-order valence-corrected chi connectivity index (χ4v) is 1.33. The molecule has 0 unspecified atom stereocenters. The standard InChI is InChI=1S/C13H16N2O5/c1-18-10-6-4-9(8-11(10)19-2)5-7-12(16)14-15-13(17)20-3/h4-8H,1-3H3,(H,14,16)(H,15,17). The molecule has 2 N–H and O–H groups in total. The van der Waals surface area contributed by atoms with Crippen molar-refractivity contribution in [1.29, 1.82) is 0 Å². The zero-order chi connectivity index (χ0) is 15.0. The number of amides is 2. The van der Waals surface area contributed by atoms with E-state index in [0.29, 0.717) is 11.5 Å². The van der Waals surface area contributed by atoms with Gasteiger partial charge in [-0.2, -0.15) is 0 Å². The second-order valence-corrected chi connectivity index (χ2v) is 3.55. The van der Waals surface area contributed by atoms with Crippen LogP contribution in [0.3, 0.4) is 0 Å². The third-order valence-electron chi connectivity index (χ3n) is 2.31. The Morgan fingerprint density at radius 3 is 2.35 bits per heavy atom. The highest BCUT2D eigenvalue weighted by atomic mass is 16.5. The quantitative estimate of drug-likeness (QED) is 0.637. The Bertz CT molecular complexity index is 513. The van der Waals surface area contributed by atoms with Crippen LogP contribution in [0, 0.1) is 0 Å². The molecule has 0 radical (unpaired) electrons. The maximum Gasteiger partial charge on any atom is 0.425 e. The Labute approximate surface area is 116 Å². The van der Waals surface area contributed by atoms with Crippen LogP contribution >= 0.6 is 0 Å². The first kappa shape index (κ1) is 15.4. The van der Waals surface area contributed by atoms with Gasteiger partial charge in [-0.1, -0.05) is 6.07 Å². The minimum absolute atomic E-state index is 0.495. The van der Waals surface area contributed by atoms with Gasteiger partial charge in [0.15, 0.2) is 11.5 Å². The summed E-state index contributed by atoms with van der Waals surface area (Å²) in [5, 5.41) is 0. The van der Waals surface area contributed by atoms with Crippen molar-refractivity contribution in [3.8, 4) is 11.5 Å². The number of hydrogen-bond donors (Lipinski definition) is 2. The SMILES string of the molecule is COC(=O)NNC(=O)C=Cc1ccc(OC)c(OC)c1. The molecule has 1 rings (SSSR count). The molecule has 0 saturated carbocycles. The molecule has 0 bridgehead atoms. The molecular formula is C13H16N2O5. The van der Waals surface area contributed by atoms with Crippen molar-refractivity contribution in [1.82, 2.24) is 10.9 Å². The van der Waals surface area contributed by atoms with E-state index in [-0.39, 0.29) is 0 Å². The fourth-order valence-electron chi connectivity index (χ4n) is 1.33. The van der Waals surface area contributed by atoms with E-state index in [0.717, 1.165) is 5.56 Å². The van der Waals surface area contributed by atoms with E-state index in [1.54, 1.807) is 31.4 Å². The van der Waals surface area contributed by atoms with Crippen LogP contribution in [0.25, 0.3) is 6.08 Å². The number of ether oxygens (including phenoxy) is 3. The Kier molecular flexibility index (Phi) is 5.89. The summed E-state index contributed by atoms with van der Waals surface area (Å²) >= 11 is 0. The number of benzene rings is 1. The van der Waals surface area contributed by atoms with E-state index < -0.39 is 12.0 Å². The number of hydrazine groups is 1. The molecule has 1 aromatic rings. The van der Waals surface area contributed by atoms with Gasteiger partial charge < -0.3 is 14.2 Å².